The van der Waals surface area contributed by atoms with Crippen LogP contribution in [-0.2, 0) is 4.79 Å². The number of nitrogens with zero attached hydrogens (tertiary/aromatic N) is 1. The molecule has 2 aliphatic rings. The number of ketones is 1. The Morgan fingerprint density at radius 1 is 1.32 bits per heavy atom. The van der Waals surface area contributed by atoms with Gasteiger partial charge in [-0.2, -0.15) is 0 Å². The summed E-state index contributed by atoms with van der Waals surface area (Å²) in [4.78, 5) is 14.8. The van der Waals surface area contributed by atoms with Crippen LogP contribution in [-0.4, -0.2) is 41.5 Å². The fourth-order valence-corrected chi connectivity index (χ4v) is 4.01. The van der Waals surface area contributed by atoms with E-state index < -0.39 is 0 Å². The van der Waals surface area contributed by atoms with Crippen molar-refractivity contribution in [3.8, 4) is 0 Å². The highest BCUT2D eigenvalue weighted by Gasteiger charge is 2.35. The molecule has 3 nitrogen and oxygen atoms in total. The summed E-state index contributed by atoms with van der Waals surface area (Å²) in [6.07, 6.45) is 6.53. The zero-order valence-electron chi connectivity index (χ0n) is 12.5. The maximum atomic E-state index is 12.3. The first-order valence-corrected chi connectivity index (χ1v) is 7.99. The highest BCUT2D eigenvalue weighted by atomic mass is 16.3. The van der Waals surface area contributed by atoms with E-state index in [9.17, 15) is 9.90 Å². The van der Waals surface area contributed by atoms with Crippen molar-refractivity contribution in [2.45, 2.75) is 58.4 Å². The first-order valence-electron chi connectivity index (χ1n) is 7.99. The molecule has 1 heterocycles. The second-order valence-corrected chi connectivity index (χ2v) is 6.75. The Labute approximate surface area is 117 Å². The molecule has 1 saturated carbocycles. The molecule has 0 aromatic heterocycles. The number of likely N-dealkylation sites (tertiary alicyclic amines) is 1. The first kappa shape index (κ1) is 15.0. The van der Waals surface area contributed by atoms with E-state index >= 15 is 0 Å². The number of hydrogen-bond acceptors (Lipinski definition) is 3. The van der Waals surface area contributed by atoms with Crippen LogP contribution in [0.1, 0.15) is 52.4 Å². The summed E-state index contributed by atoms with van der Waals surface area (Å²) in [5.74, 6) is 1.79. The lowest BCUT2D eigenvalue weighted by Crippen LogP contribution is -2.47. The zero-order valence-corrected chi connectivity index (χ0v) is 12.5. The third kappa shape index (κ3) is 3.79. The van der Waals surface area contributed by atoms with Crippen molar-refractivity contribution < 1.29 is 9.90 Å². The van der Waals surface area contributed by atoms with Crippen LogP contribution >= 0.6 is 0 Å². The molecule has 2 fully saturated rings. The minimum Gasteiger partial charge on any atom is -0.396 e. The fraction of sp³-hybridized carbons (Fsp3) is 0.938. The van der Waals surface area contributed by atoms with Gasteiger partial charge in [0.1, 0.15) is 5.78 Å². The second kappa shape index (κ2) is 6.85. The van der Waals surface area contributed by atoms with Gasteiger partial charge in [0.15, 0.2) is 0 Å². The average Bonchev–Trinajstić information content (AvgIpc) is 2.36. The number of aliphatic hydroxyl groups is 1. The van der Waals surface area contributed by atoms with Gasteiger partial charge in [-0.15, -0.1) is 0 Å². The average molecular weight is 267 g/mol. The maximum Gasteiger partial charge on any atom is 0.137 e. The predicted octanol–water partition coefficient (Wildman–Crippen LogP) is 2.47. The monoisotopic (exact) mass is 267 g/mol. The van der Waals surface area contributed by atoms with E-state index in [1.165, 1.54) is 25.7 Å². The van der Waals surface area contributed by atoms with Gasteiger partial charge >= 0.3 is 0 Å². The van der Waals surface area contributed by atoms with Gasteiger partial charge in [0.2, 0.25) is 0 Å². The lowest BCUT2D eigenvalue weighted by molar-refractivity contribution is -0.129. The molecule has 0 radical (unpaired) electrons. The summed E-state index contributed by atoms with van der Waals surface area (Å²) < 4.78 is 0. The van der Waals surface area contributed by atoms with E-state index in [0.29, 0.717) is 23.7 Å². The third-order valence-electron chi connectivity index (χ3n) is 5.07. The summed E-state index contributed by atoms with van der Waals surface area (Å²) in [5.41, 5.74) is 0. The molecule has 0 aromatic carbocycles. The quantitative estimate of drug-likeness (QED) is 0.850. The van der Waals surface area contributed by atoms with E-state index in [1.807, 2.05) is 0 Å². The zero-order chi connectivity index (χ0) is 13.8. The van der Waals surface area contributed by atoms with Gasteiger partial charge in [0.25, 0.3) is 0 Å². The summed E-state index contributed by atoms with van der Waals surface area (Å²) in [6, 6.07) is 0.498. The first-order chi connectivity index (χ1) is 9.11. The fourth-order valence-electron chi connectivity index (χ4n) is 4.01. The minimum absolute atomic E-state index is 0.232. The van der Waals surface area contributed by atoms with Crippen LogP contribution in [0.4, 0.5) is 0 Å². The molecule has 3 heteroatoms. The highest BCUT2D eigenvalue weighted by molar-refractivity contribution is 5.82. The molecule has 19 heavy (non-hydrogen) atoms. The summed E-state index contributed by atoms with van der Waals surface area (Å²) in [6.45, 7) is 6.74. The number of rotatable bonds is 4. The van der Waals surface area contributed by atoms with Crippen LogP contribution < -0.4 is 0 Å². The molecule has 110 valence electrons. The minimum atomic E-state index is 0.232. The number of carbonyl (C=O) groups is 1. The molecular weight excluding hydrogens is 238 g/mol. The molecule has 0 bridgehead atoms. The Morgan fingerprint density at radius 2 is 2.11 bits per heavy atom. The Morgan fingerprint density at radius 3 is 2.79 bits per heavy atom. The molecule has 4 atom stereocenters. The third-order valence-corrected chi connectivity index (χ3v) is 5.07. The van der Waals surface area contributed by atoms with Crippen LogP contribution in [0.3, 0.4) is 0 Å². The van der Waals surface area contributed by atoms with E-state index in [2.05, 4.69) is 18.7 Å². The number of aliphatic hydroxyl groups excluding tert-OH is 1. The van der Waals surface area contributed by atoms with Crippen molar-refractivity contribution in [1.29, 1.82) is 0 Å². The van der Waals surface area contributed by atoms with Crippen molar-refractivity contribution in [3.63, 3.8) is 0 Å². The second-order valence-electron chi connectivity index (χ2n) is 6.75. The molecule has 0 spiro atoms. The number of Topliss-reactive ketones (excluding diaryl/α,β-unsaturated/α-hetero) is 1. The topological polar surface area (TPSA) is 40.5 Å². The van der Waals surface area contributed by atoms with Gasteiger partial charge in [0.05, 0.1) is 0 Å². The molecule has 2 rings (SSSR count). The summed E-state index contributed by atoms with van der Waals surface area (Å²) in [5, 5.41) is 9.19. The molecule has 1 saturated heterocycles. The molecule has 1 N–H and O–H groups in total. The van der Waals surface area contributed by atoms with Gasteiger partial charge in [-0.3, -0.25) is 9.69 Å². The van der Waals surface area contributed by atoms with Gasteiger partial charge in [0, 0.05) is 31.5 Å². The van der Waals surface area contributed by atoms with Crippen molar-refractivity contribution in [2.75, 3.05) is 19.7 Å². The van der Waals surface area contributed by atoms with Crippen molar-refractivity contribution in [3.05, 3.63) is 0 Å². The Kier molecular flexibility index (Phi) is 5.40. The van der Waals surface area contributed by atoms with Crippen LogP contribution in [0.5, 0.6) is 0 Å². The summed E-state index contributed by atoms with van der Waals surface area (Å²) >= 11 is 0. The van der Waals surface area contributed by atoms with E-state index in [4.69, 9.17) is 0 Å². The van der Waals surface area contributed by atoms with E-state index in [1.54, 1.807) is 0 Å². The van der Waals surface area contributed by atoms with Gasteiger partial charge < -0.3 is 5.11 Å². The lowest BCUT2D eigenvalue weighted by Gasteiger charge is -2.40. The highest BCUT2D eigenvalue weighted by Crippen LogP contribution is 2.33. The van der Waals surface area contributed by atoms with Crippen LogP contribution in [0.15, 0.2) is 0 Å². The van der Waals surface area contributed by atoms with E-state index in [0.717, 1.165) is 25.9 Å². The number of carbonyl (C=O) groups excluding carboxylic acids is 1. The van der Waals surface area contributed by atoms with Gasteiger partial charge in [-0.1, -0.05) is 20.3 Å². The standard InChI is InChI=1S/C16H29NO2/c1-12-9-13(2)15(16(19)10-12)11-17-7-4-3-5-14(17)6-8-18/h12-15,18H,3-11H2,1-2H3. The predicted molar refractivity (Wildman–Crippen MR) is 77.0 cm³/mol. The largest absolute Gasteiger partial charge is 0.396 e. The van der Waals surface area contributed by atoms with E-state index in [-0.39, 0.29) is 12.5 Å². The molecule has 4 unspecified atom stereocenters. The van der Waals surface area contributed by atoms with Crippen molar-refractivity contribution in [1.82, 2.24) is 4.90 Å². The molecular formula is C16H29NO2. The number of piperidine rings is 1. The number of hydrogen-bond donors (Lipinski definition) is 1. The smallest absolute Gasteiger partial charge is 0.137 e. The van der Waals surface area contributed by atoms with Gasteiger partial charge in [-0.25, -0.2) is 0 Å². The molecule has 1 aliphatic carbocycles. The normalized spacial score (nSPS) is 37.5. The van der Waals surface area contributed by atoms with Crippen LogP contribution in [0.2, 0.25) is 0 Å². The van der Waals surface area contributed by atoms with Crippen molar-refractivity contribution in [2.24, 2.45) is 17.8 Å². The summed E-state index contributed by atoms with van der Waals surface area (Å²) in [7, 11) is 0. The van der Waals surface area contributed by atoms with Crippen molar-refractivity contribution >= 4 is 5.78 Å². The Hall–Kier alpha value is -0.410. The SMILES string of the molecule is CC1CC(=O)C(CN2CCCCC2CCO)C(C)C1. The maximum absolute atomic E-state index is 12.3. The Balaban J connectivity index is 1.95. The molecule has 1 aliphatic heterocycles. The van der Waals surface area contributed by atoms with Gasteiger partial charge in [-0.05, 0) is 44.1 Å². The lowest BCUT2D eigenvalue weighted by atomic mass is 9.74. The molecule has 0 aromatic rings. The molecule has 0 amide bonds. The Bertz CT molecular complexity index is 303. The van der Waals surface area contributed by atoms with Crippen LogP contribution in [0, 0.1) is 17.8 Å². The van der Waals surface area contributed by atoms with Crippen LogP contribution in [0.25, 0.3) is 0 Å².